The molecular weight excluding hydrogens is 468 g/mol. The first-order valence-electron chi connectivity index (χ1n) is 11.6. The molecule has 2 aliphatic heterocycles. The molecule has 1 saturated carbocycles. The van der Waals surface area contributed by atoms with Crippen molar-refractivity contribution in [3.63, 3.8) is 0 Å². The lowest BCUT2D eigenvalue weighted by atomic mass is 10.1. The number of halogens is 1. The Morgan fingerprint density at radius 3 is 2.83 bits per heavy atom. The number of hydrogen-bond donors (Lipinski definition) is 2. The summed E-state index contributed by atoms with van der Waals surface area (Å²) in [7, 11) is 0. The van der Waals surface area contributed by atoms with E-state index in [0.717, 1.165) is 51.3 Å². The molecule has 3 fully saturated rings. The SMILES string of the molecule is N#Cc1cc(Nc2nc(NC3CC3)c3ncc(C#N)n3n2)c(Cl)c(N2CCN3CCOC[C@@H]3C2)c1. The molecule has 3 aliphatic rings. The zero-order valence-electron chi connectivity index (χ0n) is 18.9. The summed E-state index contributed by atoms with van der Waals surface area (Å²) in [6.45, 7) is 4.88. The number of hydrogen-bond acceptors (Lipinski definition) is 10. The second-order valence-electron chi connectivity index (χ2n) is 9.00. The molecule has 2 aromatic heterocycles. The van der Waals surface area contributed by atoms with Crippen molar-refractivity contribution in [1.29, 1.82) is 10.5 Å². The van der Waals surface area contributed by atoms with E-state index >= 15 is 0 Å². The van der Waals surface area contributed by atoms with Gasteiger partial charge < -0.3 is 20.3 Å². The third-order valence-corrected chi connectivity index (χ3v) is 7.00. The highest BCUT2D eigenvalue weighted by molar-refractivity contribution is 6.36. The fourth-order valence-corrected chi connectivity index (χ4v) is 4.88. The summed E-state index contributed by atoms with van der Waals surface area (Å²) in [4.78, 5) is 13.6. The quantitative estimate of drug-likeness (QED) is 0.549. The van der Waals surface area contributed by atoms with Crippen LogP contribution < -0.4 is 15.5 Å². The molecule has 0 spiro atoms. The summed E-state index contributed by atoms with van der Waals surface area (Å²) >= 11 is 6.88. The van der Waals surface area contributed by atoms with Gasteiger partial charge in [-0.15, -0.1) is 5.10 Å². The van der Waals surface area contributed by atoms with Gasteiger partial charge in [0.15, 0.2) is 17.2 Å². The molecule has 0 bridgehead atoms. The number of rotatable bonds is 5. The Balaban J connectivity index is 1.35. The number of benzene rings is 1. The van der Waals surface area contributed by atoms with E-state index in [1.165, 1.54) is 10.7 Å². The van der Waals surface area contributed by atoms with Crippen LogP contribution in [0.4, 0.5) is 23.1 Å². The van der Waals surface area contributed by atoms with E-state index in [-0.39, 0.29) is 5.95 Å². The average molecular weight is 491 g/mol. The fraction of sp³-hybridized carbons (Fsp3) is 0.435. The lowest BCUT2D eigenvalue weighted by molar-refractivity contribution is -0.0116. The minimum atomic E-state index is 0.253. The van der Waals surface area contributed by atoms with Crippen LogP contribution >= 0.6 is 11.6 Å². The van der Waals surface area contributed by atoms with E-state index in [1.54, 1.807) is 6.07 Å². The maximum atomic E-state index is 9.70. The van der Waals surface area contributed by atoms with Gasteiger partial charge in [-0.3, -0.25) is 4.90 Å². The summed E-state index contributed by atoms with van der Waals surface area (Å²) in [5.41, 5.74) is 2.58. The Labute approximate surface area is 206 Å². The van der Waals surface area contributed by atoms with Crippen LogP contribution in [-0.2, 0) is 4.74 Å². The number of anilines is 4. The minimum Gasteiger partial charge on any atom is -0.378 e. The maximum Gasteiger partial charge on any atom is 0.247 e. The molecule has 2 N–H and O–H groups in total. The lowest BCUT2D eigenvalue weighted by Crippen LogP contribution is -2.58. The molecular formula is C23H23ClN10O. The smallest absolute Gasteiger partial charge is 0.247 e. The zero-order valence-corrected chi connectivity index (χ0v) is 19.7. The molecule has 3 aromatic rings. The van der Waals surface area contributed by atoms with Crippen molar-refractivity contribution in [2.75, 3.05) is 54.9 Å². The van der Waals surface area contributed by atoms with Gasteiger partial charge in [-0.1, -0.05) is 11.6 Å². The number of morpholine rings is 1. The molecule has 0 amide bonds. The topological polar surface area (TPSA) is 130 Å². The van der Waals surface area contributed by atoms with Gasteiger partial charge in [0.1, 0.15) is 6.07 Å². The molecule has 2 saturated heterocycles. The van der Waals surface area contributed by atoms with Gasteiger partial charge >= 0.3 is 0 Å². The van der Waals surface area contributed by atoms with Gasteiger partial charge in [0.2, 0.25) is 5.95 Å². The van der Waals surface area contributed by atoms with Crippen molar-refractivity contribution < 1.29 is 4.74 Å². The number of ether oxygens (including phenoxy) is 1. The normalized spacial score (nSPS) is 20.2. The molecule has 0 unspecified atom stereocenters. The Morgan fingerprint density at radius 1 is 1.14 bits per heavy atom. The zero-order chi connectivity index (χ0) is 23.9. The average Bonchev–Trinajstić information content (AvgIpc) is 3.60. The van der Waals surface area contributed by atoms with Gasteiger partial charge in [-0.25, -0.2) is 4.98 Å². The molecule has 178 valence electrons. The molecule has 35 heavy (non-hydrogen) atoms. The molecule has 11 nitrogen and oxygen atoms in total. The molecule has 0 radical (unpaired) electrons. The molecule has 1 atom stereocenters. The number of nitriles is 2. The van der Waals surface area contributed by atoms with Gasteiger partial charge in [-0.2, -0.15) is 20.0 Å². The second-order valence-corrected chi connectivity index (χ2v) is 9.38. The second kappa shape index (κ2) is 8.86. The van der Waals surface area contributed by atoms with Crippen molar-refractivity contribution in [2.45, 2.75) is 24.9 Å². The third kappa shape index (κ3) is 4.19. The first kappa shape index (κ1) is 21.9. The summed E-state index contributed by atoms with van der Waals surface area (Å²) in [5, 5.41) is 30.7. The number of aromatic nitrogens is 4. The van der Waals surface area contributed by atoms with E-state index in [4.69, 9.17) is 16.3 Å². The van der Waals surface area contributed by atoms with Crippen molar-refractivity contribution in [1.82, 2.24) is 24.5 Å². The predicted molar refractivity (Wildman–Crippen MR) is 130 cm³/mol. The van der Waals surface area contributed by atoms with Gasteiger partial charge in [0, 0.05) is 32.2 Å². The largest absolute Gasteiger partial charge is 0.378 e. The molecule has 1 aromatic carbocycles. The highest BCUT2D eigenvalue weighted by atomic mass is 35.5. The van der Waals surface area contributed by atoms with Crippen LogP contribution in [-0.4, -0.2) is 76.0 Å². The summed E-state index contributed by atoms with van der Waals surface area (Å²) in [6.07, 6.45) is 3.59. The maximum absolute atomic E-state index is 9.70. The Bertz CT molecular complexity index is 1370. The third-order valence-electron chi connectivity index (χ3n) is 6.60. The number of imidazole rings is 1. The number of nitrogens with zero attached hydrogens (tertiary/aromatic N) is 8. The van der Waals surface area contributed by atoms with Crippen LogP contribution in [0.5, 0.6) is 0 Å². The first-order chi connectivity index (χ1) is 17.1. The van der Waals surface area contributed by atoms with Gasteiger partial charge in [0.25, 0.3) is 0 Å². The van der Waals surface area contributed by atoms with E-state index in [9.17, 15) is 10.5 Å². The number of fused-ring (bicyclic) bond motifs is 2. The molecule has 12 heteroatoms. The monoisotopic (exact) mass is 490 g/mol. The minimum absolute atomic E-state index is 0.253. The standard InChI is InChI=1S/C23H23ClN10O/c24-20-18(7-14(9-25)8-19(20)33-4-3-32-5-6-35-13-17(32)12-33)29-23-30-21(28-15-1-2-15)22-27-11-16(10-26)34(22)31-23/h7-8,11,15,17H,1-6,12-13H2,(H2,28,29,30,31)/t17-/m0/s1. The van der Waals surface area contributed by atoms with Gasteiger partial charge in [-0.05, 0) is 25.0 Å². The molecule has 6 rings (SSSR count). The summed E-state index contributed by atoms with van der Waals surface area (Å²) < 4.78 is 7.14. The van der Waals surface area contributed by atoms with E-state index in [0.29, 0.717) is 52.1 Å². The molecule has 4 heterocycles. The highest BCUT2D eigenvalue weighted by Gasteiger charge is 2.31. The van der Waals surface area contributed by atoms with Crippen LogP contribution in [0.25, 0.3) is 5.65 Å². The predicted octanol–water partition coefficient (Wildman–Crippen LogP) is 2.36. The van der Waals surface area contributed by atoms with Crippen molar-refractivity contribution in [2.24, 2.45) is 0 Å². The first-order valence-corrected chi connectivity index (χ1v) is 12.0. The lowest BCUT2D eigenvalue weighted by Gasteiger charge is -2.44. The van der Waals surface area contributed by atoms with Crippen LogP contribution in [0.15, 0.2) is 18.3 Å². The van der Waals surface area contributed by atoms with Crippen LogP contribution in [0.1, 0.15) is 24.1 Å². The van der Waals surface area contributed by atoms with E-state index < -0.39 is 0 Å². The molecule has 1 aliphatic carbocycles. The van der Waals surface area contributed by atoms with E-state index in [1.807, 2.05) is 6.07 Å². The Hall–Kier alpha value is -3.64. The number of piperazine rings is 1. The van der Waals surface area contributed by atoms with Crippen LogP contribution in [0, 0.1) is 22.7 Å². The van der Waals surface area contributed by atoms with Gasteiger partial charge in [0.05, 0.1) is 53.5 Å². The van der Waals surface area contributed by atoms with Crippen molar-refractivity contribution >= 4 is 40.4 Å². The van der Waals surface area contributed by atoms with Crippen LogP contribution in [0.2, 0.25) is 5.02 Å². The van der Waals surface area contributed by atoms with E-state index in [2.05, 4.69) is 47.6 Å². The van der Waals surface area contributed by atoms with Crippen molar-refractivity contribution in [3.05, 3.63) is 34.6 Å². The Kier molecular flexibility index (Phi) is 5.53. The summed E-state index contributed by atoms with van der Waals surface area (Å²) in [6, 6.07) is 8.48. The highest BCUT2D eigenvalue weighted by Crippen LogP contribution is 2.37. The Morgan fingerprint density at radius 2 is 2.03 bits per heavy atom. The van der Waals surface area contributed by atoms with Crippen molar-refractivity contribution in [3.8, 4) is 12.1 Å². The summed E-state index contributed by atoms with van der Waals surface area (Å²) in [5.74, 6) is 0.802. The number of nitrogens with one attached hydrogen (secondary N) is 2. The fourth-order valence-electron chi connectivity index (χ4n) is 4.61. The van der Waals surface area contributed by atoms with Crippen LogP contribution in [0.3, 0.4) is 0 Å².